The summed E-state index contributed by atoms with van der Waals surface area (Å²) < 4.78 is 31.7. The van der Waals surface area contributed by atoms with Gasteiger partial charge in [0, 0.05) is 38.2 Å². The van der Waals surface area contributed by atoms with Crippen LogP contribution in [0.2, 0.25) is 0 Å². The maximum Gasteiger partial charge on any atom is 0.241 e. The van der Waals surface area contributed by atoms with E-state index in [2.05, 4.69) is 15.0 Å². The average Bonchev–Trinajstić information content (AvgIpc) is 3.15. The standard InChI is InChI=1S/C19H25N5O3S/c1-16-5-7-17(8-6-16)19-21-18(27-22-19)15-23-10-12-24(13-11-23)28(25,26)14-4-2-3-9-20/h5-8H,2-4,10-15H2,1H3. The topological polar surface area (TPSA) is 103 Å². The smallest absolute Gasteiger partial charge is 0.241 e. The average molecular weight is 404 g/mol. The van der Waals surface area contributed by atoms with Gasteiger partial charge in [-0.1, -0.05) is 35.0 Å². The highest BCUT2D eigenvalue weighted by molar-refractivity contribution is 7.89. The molecule has 0 atom stereocenters. The first kappa shape index (κ1) is 20.5. The monoisotopic (exact) mass is 403 g/mol. The largest absolute Gasteiger partial charge is 0.338 e. The lowest BCUT2D eigenvalue weighted by Gasteiger charge is -2.33. The van der Waals surface area contributed by atoms with Crippen LogP contribution in [0.1, 0.15) is 30.7 Å². The zero-order valence-electron chi connectivity index (χ0n) is 16.0. The van der Waals surface area contributed by atoms with Gasteiger partial charge in [0.2, 0.25) is 21.7 Å². The van der Waals surface area contributed by atoms with E-state index in [1.807, 2.05) is 37.3 Å². The zero-order valence-corrected chi connectivity index (χ0v) is 16.9. The van der Waals surface area contributed by atoms with E-state index < -0.39 is 10.0 Å². The highest BCUT2D eigenvalue weighted by Gasteiger charge is 2.27. The molecule has 8 nitrogen and oxygen atoms in total. The Bertz CT molecular complexity index is 910. The van der Waals surface area contributed by atoms with Crippen LogP contribution in [0.3, 0.4) is 0 Å². The van der Waals surface area contributed by atoms with Gasteiger partial charge in [-0.15, -0.1) is 0 Å². The summed E-state index contributed by atoms with van der Waals surface area (Å²) in [6.07, 6.45) is 1.55. The van der Waals surface area contributed by atoms with Crippen LogP contribution in [0.4, 0.5) is 0 Å². The number of aryl methyl sites for hydroxylation is 1. The predicted molar refractivity (Wildman–Crippen MR) is 105 cm³/mol. The van der Waals surface area contributed by atoms with E-state index >= 15 is 0 Å². The normalized spacial score (nSPS) is 16.1. The van der Waals surface area contributed by atoms with Crippen molar-refractivity contribution >= 4 is 10.0 Å². The van der Waals surface area contributed by atoms with Gasteiger partial charge in [0.25, 0.3) is 0 Å². The number of nitriles is 1. The van der Waals surface area contributed by atoms with E-state index in [-0.39, 0.29) is 5.75 Å². The third kappa shape index (κ3) is 5.38. The van der Waals surface area contributed by atoms with Gasteiger partial charge in [-0.05, 0) is 19.8 Å². The van der Waals surface area contributed by atoms with Gasteiger partial charge >= 0.3 is 0 Å². The summed E-state index contributed by atoms with van der Waals surface area (Å²) in [6, 6.07) is 9.98. The molecule has 150 valence electrons. The molecular weight excluding hydrogens is 378 g/mol. The summed E-state index contributed by atoms with van der Waals surface area (Å²) in [5.41, 5.74) is 2.08. The van der Waals surface area contributed by atoms with E-state index in [0.29, 0.717) is 63.7 Å². The molecule has 1 fully saturated rings. The summed E-state index contributed by atoms with van der Waals surface area (Å²) >= 11 is 0. The van der Waals surface area contributed by atoms with Crippen LogP contribution in [0, 0.1) is 18.3 Å². The van der Waals surface area contributed by atoms with Gasteiger partial charge < -0.3 is 4.52 Å². The molecule has 0 saturated carbocycles. The van der Waals surface area contributed by atoms with Crippen LogP contribution in [0.15, 0.2) is 28.8 Å². The van der Waals surface area contributed by atoms with Crippen LogP contribution in [-0.2, 0) is 16.6 Å². The molecule has 9 heteroatoms. The van der Waals surface area contributed by atoms with Crippen molar-refractivity contribution in [1.29, 1.82) is 5.26 Å². The van der Waals surface area contributed by atoms with Crippen LogP contribution in [0.25, 0.3) is 11.4 Å². The summed E-state index contributed by atoms with van der Waals surface area (Å²) in [5, 5.41) is 12.6. The molecule has 0 radical (unpaired) electrons. The Hall–Kier alpha value is -2.28. The third-order valence-corrected chi connectivity index (χ3v) is 6.76. The number of hydrogen-bond donors (Lipinski definition) is 0. The van der Waals surface area contributed by atoms with Gasteiger partial charge in [-0.25, -0.2) is 8.42 Å². The maximum absolute atomic E-state index is 12.4. The molecule has 0 bridgehead atoms. The van der Waals surface area contributed by atoms with Crippen LogP contribution in [0.5, 0.6) is 0 Å². The molecule has 0 amide bonds. The van der Waals surface area contributed by atoms with Crippen molar-refractivity contribution in [2.24, 2.45) is 0 Å². The number of sulfonamides is 1. The molecule has 0 spiro atoms. The summed E-state index contributed by atoms with van der Waals surface area (Å²) in [6.45, 7) is 4.70. The van der Waals surface area contributed by atoms with Crippen LogP contribution < -0.4 is 0 Å². The van der Waals surface area contributed by atoms with E-state index in [1.54, 1.807) is 4.31 Å². The fraction of sp³-hybridized carbons (Fsp3) is 0.526. The molecular formula is C19H25N5O3S. The van der Waals surface area contributed by atoms with Gasteiger partial charge in [0.15, 0.2) is 0 Å². The molecule has 1 aromatic carbocycles. The number of hydrogen-bond acceptors (Lipinski definition) is 7. The summed E-state index contributed by atoms with van der Waals surface area (Å²) in [4.78, 5) is 6.57. The van der Waals surface area contributed by atoms with Gasteiger partial charge in [0.1, 0.15) is 0 Å². The SMILES string of the molecule is Cc1ccc(-c2noc(CN3CCN(S(=O)(=O)CCCCC#N)CC3)n2)cc1. The minimum absolute atomic E-state index is 0.109. The van der Waals surface area contributed by atoms with Gasteiger partial charge in [0.05, 0.1) is 18.4 Å². The number of aromatic nitrogens is 2. The van der Waals surface area contributed by atoms with E-state index in [0.717, 1.165) is 5.56 Å². The second-order valence-corrected chi connectivity index (χ2v) is 9.07. The maximum atomic E-state index is 12.4. The quantitative estimate of drug-likeness (QED) is 0.622. The first-order valence-corrected chi connectivity index (χ1v) is 11.1. The Morgan fingerprint density at radius 3 is 2.54 bits per heavy atom. The van der Waals surface area contributed by atoms with Crippen LogP contribution in [-0.4, -0.2) is 59.7 Å². The van der Waals surface area contributed by atoms with Crippen molar-refractivity contribution in [2.45, 2.75) is 32.7 Å². The van der Waals surface area contributed by atoms with Crippen molar-refractivity contribution < 1.29 is 12.9 Å². The zero-order chi connectivity index (χ0) is 20.0. The second-order valence-electron chi connectivity index (χ2n) is 6.98. The highest BCUT2D eigenvalue weighted by Crippen LogP contribution is 2.18. The van der Waals surface area contributed by atoms with Gasteiger partial charge in [-0.2, -0.15) is 14.6 Å². The minimum atomic E-state index is -3.25. The molecule has 0 aliphatic carbocycles. The molecule has 2 aromatic rings. The lowest BCUT2D eigenvalue weighted by molar-refractivity contribution is 0.163. The molecule has 1 aliphatic rings. The first-order valence-electron chi connectivity index (χ1n) is 9.45. The molecule has 2 heterocycles. The molecule has 1 aromatic heterocycles. The fourth-order valence-electron chi connectivity index (χ4n) is 3.11. The molecule has 0 unspecified atom stereocenters. The van der Waals surface area contributed by atoms with Gasteiger partial charge in [-0.3, -0.25) is 4.90 Å². The van der Waals surface area contributed by atoms with Crippen molar-refractivity contribution in [2.75, 3.05) is 31.9 Å². The fourth-order valence-corrected chi connectivity index (χ4v) is 4.66. The van der Waals surface area contributed by atoms with Crippen molar-refractivity contribution in [3.05, 3.63) is 35.7 Å². The number of unbranched alkanes of at least 4 members (excludes halogenated alkanes) is 2. The highest BCUT2D eigenvalue weighted by atomic mass is 32.2. The lowest BCUT2D eigenvalue weighted by atomic mass is 10.1. The van der Waals surface area contributed by atoms with Crippen molar-refractivity contribution in [3.8, 4) is 17.5 Å². The number of piperazine rings is 1. The second kappa shape index (κ2) is 9.28. The van der Waals surface area contributed by atoms with Crippen LogP contribution >= 0.6 is 0 Å². The Labute approximate surface area is 165 Å². The van der Waals surface area contributed by atoms with E-state index in [4.69, 9.17) is 9.78 Å². The number of benzene rings is 1. The Kier molecular flexibility index (Phi) is 6.78. The third-order valence-electron chi connectivity index (χ3n) is 4.80. The Morgan fingerprint density at radius 2 is 1.86 bits per heavy atom. The van der Waals surface area contributed by atoms with E-state index in [1.165, 1.54) is 5.56 Å². The van der Waals surface area contributed by atoms with E-state index in [9.17, 15) is 8.42 Å². The molecule has 1 saturated heterocycles. The Balaban J connectivity index is 1.49. The molecule has 3 rings (SSSR count). The molecule has 0 N–H and O–H groups in total. The predicted octanol–water partition coefficient (Wildman–Crippen LogP) is 2.19. The summed E-state index contributed by atoms with van der Waals surface area (Å²) in [5.74, 6) is 1.20. The summed E-state index contributed by atoms with van der Waals surface area (Å²) in [7, 11) is -3.25. The minimum Gasteiger partial charge on any atom is -0.338 e. The number of rotatable bonds is 8. The molecule has 28 heavy (non-hydrogen) atoms. The van der Waals surface area contributed by atoms with Crippen molar-refractivity contribution in [3.63, 3.8) is 0 Å². The lowest BCUT2D eigenvalue weighted by Crippen LogP contribution is -2.48. The molecule has 1 aliphatic heterocycles. The Morgan fingerprint density at radius 1 is 1.14 bits per heavy atom. The number of nitrogens with zero attached hydrogens (tertiary/aromatic N) is 5. The van der Waals surface area contributed by atoms with Crippen molar-refractivity contribution in [1.82, 2.24) is 19.3 Å². The first-order chi connectivity index (χ1) is 13.5.